The number of hydrazine groups is 1. The van der Waals surface area contributed by atoms with E-state index in [2.05, 4.69) is 15.2 Å². The minimum absolute atomic E-state index is 0. The molecule has 1 aromatic heterocycles. The van der Waals surface area contributed by atoms with Crippen molar-refractivity contribution in [1.82, 2.24) is 9.82 Å². The number of nitrogens with zero attached hydrogens (tertiary/aromatic N) is 1. The first kappa shape index (κ1) is 17.5. The number of aromatic nitrogens is 1. The molecule has 0 atom stereocenters. The molecule has 0 saturated heterocycles. The minimum atomic E-state index is -3.64. The third kappa shape index (κ3) is 3.92. The SMILES string of the molecule is Cl.O=S(=O)(NNc1ccnc2cc(Cl)ccc12)c1ccccc1. The van der Waals surface area contributed by atoms with Crippen LogP contribution in [0, 0.1) is 0 Å². The number of rotatable bonds is 4. The number of benzene rings is 2. The van der Waals surface area contributed by atoms with Gasteiger partial charge in [0.2, 0.25) is 0 Å². The number of sulfonamides is 1. The van der Waals surface area contributed by atoms with Gasteiger partial charge in [-0.25, -0.2) is 8.42 Å². The Morgan fingerprint density at radius 2 is 1.74 bits per heavy atom. The molecule has 0 saturated carbocycles. The molecule has 0 unspecified atom stereocenters. The van der Waals surface area contributed by atoms with E-state index in [0.29, 0.717) is 16.2 Å². The summed E-state index contributed by atoms with van der Waals surface area (Å²) < 4.78 is 24.4. The number of hydrogen-bond donors (Lipinski definition) is 2. The van der Waals surface area contributed by atoms with Gasteiger partial charge in [0.25, 0.3) is 10.0 Å². The van der Waals surface area contributed by atoms with Crippen LogP contribution in [0.4, 0.5) is 5.69 Å². The van der Waals surface area contributed by atoms with Gasteiger partial charge < -0.3 is 5.43 Å². The molecular formula is C15H13Cl2N3O2S. The van der Waals surface area contributed by atoms with Crippen LogP contribution in [0.5, 0.6) is 0 Å². The average molecular weight is 370 g/mol. The molecular weight excluding hydrogens is 357 g/mol. The van der Waals surface area contributed by atoms with Crippen molar-refractivity contribution in [3.63, 3.8) is 0 Å². The van der Waals surface area contributed by atoms with Gasteiger partial charge in [-0.15, -0.1) is 17.2 Å². The average Bonchev–Trinajstić information content (AvgIpc) is 2.53. The molecule has 0 amide bonds. The van der Waals surface area contributed by atoms with E-state index in [9.17, 15) is 8.42 Å². The topological polar surface area (TPSA) is 71.1 Å². The summed E-state index contributed by atoms with van der Waals surface area (Å²) in [5, 5.41) is 1.34. The lowest BCUT2D eigenvalue weighted by atomic mass is 10.2. The van der Waals surface area contributed by atoms with Crippen LogP contribution in [-0.2, 0) is 10.0 Å². The molecule has 3 rings (SSSR count). The summed E-state index contributed by atoms with van der Waals surface area (Å²) in [7, 11) is -3.64. The zero-order chi connectivity index (χ0) is 15.6. The van der Waals surface area contributed by atoms with E-state index in [1.165, 1.54) is 12.1 Å². The van der Waals surface area contributed by atoms with Crippen molar-refractivity contribution in [3.05, 3.63) is 65.8 Å². The highest BCUT2D eigenvalue weighted by Crippen LogP contribution is 2.24. The summed E-state index contributed by atoms with van der Waals surface area (Å²) in [5.74, 6) is 0. The van der Waals surface area contributed by atoms with Crippen LogP contribution in [-0.4, -0.2) is 13.4 Å². The van der Waals surface area contributed by atoms with E-state index in [1.54, 1.807) is 48.7 Å². The Balaban J connectivity index is 0.00000192. The minimum Gasteiger partial charge on any atom is -0.307 e. The Labute approximate surface area is 145 Å². The van der Waals surface area contributed by atoms with Crippen molar-refractivity contribution in [3.8, 4) is 0 Å². The first-order chi connectivity index (χ1) is 10.6. The molecule has 0 aliphatic heterocycles. The molecule has 1 heterocycles. The Kier molecular flexibility index (Phi) is 5.43. The number of pyridine rings is 1. The smallest absolute Gasteiger partial charge is 0.257 e. The van der Waals surface area contributed by atoms with Crippen molar-refractivity contribution >= 4 is 50.6 Å². The van der Waals surface area contributed by atoms with Crippen molar-refractivity contribution < 1.29 is 8.42 Å². The molecule has 8 heteroatoms. The molecule has 23 heavy (non-hydrogen) atoms. The zero-order valence-corrected chi connectivity index (χ0v) is 14.1. The summed E-state index contributed by atoms with van der Waals surface area (Å²) in [6, 6.07) is 15.0. The predicted molar refractivity (Wildman–Crippen MR) is 94.4 cm³/mol. The van der Waals surface area contributed by atoms with Crippen LogP contribution in [0.15, 0.2) is 65.7 Å². The molecule has 2 aromatic carbocycles. The van der Waals surface area contributed by atoms with Gasteiger partial charge in [0.15, 0.2) is 0 Å². The molecule has 5 nitrogen and oxygen atoms in total. The van der Waals surface area contributed by atoms with Gasteiger partial charge in [0.05, 0.1) is 16.1 Å². The first-order valence-electron chi connectivity index (χ1n) is 6.43. The van der Waals surface area contributed by atoms with E-state index in [1.807, 2.05) is 0 Å². The normalized spacial score (nSPS) is 11.0. The Bertz CT molecular complexity index is 918. The number of halogens is 2. The van der Waals surface area contributed by atoms with Gasteiger partial charge in [0.1, 0.15) is 0 Å². The van der Waals surface area contributed by atoms with Gasteiger partial charge in [-0.05, 0) is 36.4 Å². The van der Waals surface area contributed by atoms with Gasteiger partial charge in [-0.3, -0.25) is 4.98 Å². The van der Waals surface area contributed by atoms with E-state index in [0.717, 1.165) is 5.39 Å². The maximum absolute atomic E-state index is 12.2. The Morgan fingerprint density at radius 3 is 2.48 bits per heavy atom. The number of nitrogens with one attached hydrogen (secondary N) is 2. The quantitative estimate of drug-likeness (QED) is 0.689. The van der Waals surface area contributed by atoms with E-state index in [4.69, 9.17) is 11.6 Å². The summed E-state index contributed by atoms with van der Waals surface area (Å²) in [4.78, 5) is 6.75. The highest BCUT2D eigenvalue weighted by molar-refractivity contribution is 7.89. The molecule has 0 spiro atoms. The van der Waals surface area contributed by atoms with Crippen LogP contribution in [0.3, 0.4) is 0 Å². The largest absolute Gasteiger partial charge is 0.307 e. The summed E-state index contributed by atoms with van der Waals surface area (Å²) in [6.07, 6.45) is 1.58. The fourth-order valence-electron chi connectivity index (χ4n) is 2.01. The van der Waals surface area contributed by atoms with Gasteiger partial charge in [0, 0.05) is 16.6 Å². The predicted octanol–water partition coefficient (Wildman–Crippen LogP) is 3.62. The van der Waals surface area contributed by atoms with Gasteiger partial charge in [-0.1, -0.05) is 29.8 Å². The molecule has 0 fully saturated rings. The molecule has 2 N–H and O–H groups in total. The second kappa shape index (κ2) is 7.14. The van der Waals surface area contributed by atoms with Crippen LogP contribution in [0.2, 0.25) is 5.02 Å². The monoisotopic (exact) mass is 369 g/mol. The Hall–Kier alpha value is -1.86. The highest BCUT2D eigenvalue weighted by atomic mass is 35.5. The second-order valence-electron chi connectivity index (χ2n) is 4.56. The molecule has 0 radical (unpaired) electrons. The van der Waals surface area contributed by atoms with Crippen molar-refractivity contribution in [1.29, 1.82) is 0 Å². The fourth-order valence-corrected chi connectivity index (χ4v) is 3.05. The zero-order valence-electron chi connectivity index (χ0n) is 11.7. The van der Waals surface area contributed by atoms with Gasteiger partial charge >= 0.3 is 0 Å². The first-order valence-corrected chi connectivity index (χ1v) is 8.29. The number of fused-ring (bicyclic) bond motifs is 1. The lowest BCUT2D eigenvalue weighted by molar-refractivity contribution is 0.588. The molecule has 0 bridgehead atoms. The molecule has 120 valence electrons. The fraction of sp³-hybridized carbons (Fsp3) is 0. The van der Waals surface area contributed by atoms with E-state index in [-0.39, 0.29) is 17.3 Å². The molecule has 3 aromatic rings. The maximum Gasteiger partial charge on any atom is 0.257 e. The van der Waals surface area contributed by atoms with Crippen molar-refractivity contribution in [2.45, 2.75) is 4.90 Å². The standard InChI is InChI=1S/C15H12ClN3O2S.ClH/c16-11-6-7-13-14(8-9-17-15(13)10-11)18-19-22(20,21)12-4-2-1-3-5-12;/h1-10,19H,(H,17,18);1H. The molecule has 0 aliphatic rings. The third-order valence-electron chi connectivity index (χ3n) is 3.08. The van der Waals surface area contributed by atoms with Crippen molar-refractivity contribution in [2.75, 3.05) is 5.43 Å². The van der Waals surface area contributed by atoms with Gasteiger partial charge in [-0.2, -0.15) is 0 Å². The maximum atomic E-state index is 12.2. The lowest BCUT2D eigenvalue weighted by Gasteiger charge is -2.11. The summed E-state index contributed by atoms with van der Waals surface area (Å²) >= 11 is 5.93. The van der Waals surface area contributed by atoms with E-state index < -0.39 is 10.0 Å². The number of anilines is 1. The highest BCUT2D eigenvalue weighted by Gasteiger charge is 2.13. The van der Waals surface area contributed by atoms with Crippen molar-refractivity contribution in [2.24, 2.45) is 0 Å². The lowest BCUT2D eigenvalue weighted by Crippen LogP contribution is -2.29. The second-order valence-corrected chi connectivity index (χ2v) is 6.68. The van der Waals surface area contributed by atoms with Crippen LogP contribution in [0.25, 0.3) is 10.9 Å². The summed E-state index contributed by atoms with van der Waals surface area (Å²) in [5.41, 5.74) is 4.00. The Morgan fingerprint density at radius 1 is 1.00 bits per heavy atom. The van der Waals surface area contributed by atoms with Crippen LogP contribution < -0.4 is 10.3 Å². The summed E-state index contributed by atoms with van der Waals surface area (Å²) in [6.45, 7) is 0. The van der Waals surface area contributed by atoms with Crippen LogP contribution in [0.1, 0.15) is 0 Å². The molecule has 0 aliphatic carbocycles. The van der Waals surface area contributed by atoms with E-state index >= 15 is 0 Å². The number of hydrogen-bond acceptors (Lipinski definition) is 4. The van der Waals surface area contributed by atoms with Crippen LogP contribution >= 0.6 is 24.0 Å². The third-order valence-corrected chi connectivity index (χ3v) is 4.58.